The lowest BCUT2D eigenvalue weighted by atomic mass is 10.1. The molecule has 3 aromatic rings. The van der Waals surface area contributed by atoms with Crippen LogP contribution in [0.1, 0.15) is 23.0 Å². The molecule has 0 aliphatic carbocycles. The van der Waals surface area contributed by atoms with Crippen molar-refractivity contribution in [3.63, 3.8) is 0 Å². The molecule has 2 aromatic heterocycles. The van der Waals surface area contributed by atoms with E-state index < -0.39 is 17.3 Å². The molecule has 0 saturated carbocycles. The number of para-hydroxylation sites is 1. The van der Waals surface area contributed by atoms with Gasteiger partial charge in [-0.25, -0.2) is 13.9 Å². The Kier molecular flexibility index (Phi) is 3.69. The Morgan fingerprint density at radius 1 is 1.39 bits per heavy atom. The maximum atomic E-state index is 14.0. The van der Waals surface area contributed by atoms with Gasteiger partial charge in [0.15, 0.2) is 0 Å². The van der Waals surface area contributed by atoms with Crippen LogP contribution in [-0.2, 0) is 4.74 Å². The van der Waals surface area contributed by atoms with Crippen LogP contribution in [-0.4, -0.2) is 27.3 Å². The summed E-state index contributed by atoms with van der Waals surface area (Å²) in [4.78, 5) is 26.6. The van der Waals surface area contributed by atoms with Crippen molar-refractivity contribution in [3.05, 3.63) is 57.8 Å². The van der Waals surface area contributed by atoms with Gasteiger partial charge < -0.3 is 9.72 Å². The Morgan fingerprint density at radius 2 is 2.13 bits per heavy atom. The normalized spacial score (nSPS) is 10.9. The van der Waals surface area contributed by atoms with Crippen LogP contribution in [0, 0.1) is 12.7 Å². The van der Waals surface area contributed by atoms with Crippen molar-refractivity contribution in [1.82, 2.24) is 14.8 Å². The average Bonchev–Trinajstić information content (AvgIpc) is 2.84. The second kappa shape index (κ2) is 5.68. The molecule has 118 valence electrons. The van der Waals surface area contributed by atoms with Crippen molar-refractivity contribution >= 4 is 17.0 Å². The third-order valence-electron chi connectivity index (χ3n) is 3.42. The summed E-state index contributed by atoms with van der Waals surface area (Å²) in [6, 6.07) is 7.22. The van der Waals surface area contributed by atoms with E-state index in [4.69, 9.17) is 4.74 Å². The summed E-state index contributed by atoms with van der Waals surface area (Å²) < 4.78 is 20.3. The topological polar surface area (TPSA) is 77.0 Å². The Balaban J connectivity index is 2.34. The third-order valence-corrected chi connectivity index (χ3v) is 3.42. The van der Waals surface area contributed by atoms with Gasteiger partial charge in [-0.15, -0.1) is 0 Å². The van der Waals surface area contributed by atoms with E-state index in [2.05, 4.69) is 10.1 Å². The number of fused-ring (bicyclic) bond motifs is 1. The average molecular weight is 315 g/mol. The second-order valence-electron chi connectivity index (χ2n) is 4.94. The zero-order chi connectivity index (χ0) is 16.6. The number of hydrogen-bond acceptors (Lipinski definition) is 4. The molecule has 7 heteroatoms. The molecule has 2 heterocycles. The number of nitrogens with zero attached hydrogens (tertiary/aromatic N) is 2. The monoisotopic (exact) mass is 315 g/mol. The molecule has 1 aromatic carbocycles. The van der Waals surface area contributed by atoms with E-state index in [1.54, 1.807) is 26.0 Å². The SMILES string of the molecule is CCOC(=O)c1cc(=O)[nH]c2c1c(C)nn2-c1ccccc1F. The zero-order valence-corrected chi connectivity index (χ0v) is 12.6. The summed E-state index contributed by atoms with van der Waals surface area (Å²) in [5.74, 6) is -1.10. The number of hydrogen-bond donors (Lipinski definition) is 1. The summed E-state index contributed by atoms with van der Waals surface area (Å²) in [5, 5.41) is 4.70. The lowest BCUT2D eigenvalue weighted by Gasteiger charge is -2.06. The molecule has 0 fully saturated rings. The molecule has 0 unspecified atom stereocenters. The van der Waals surface area contributed by atoms with E-state index in [1.165, 1.54) is 22.9 Å². The number of pyridine rings is 1. The second-order valence-corrected chi connectivity index (χ2v) is 4.94. The fraction of sp³-hybridized carbons (Fsp3) is 0.188. The van der Waals surface area contributed by atoms with Gasteiger partial charge in [0.2, 0.25) is 5.56 Å². The van der Waals surface area contributed by atoms with Gasteiger partial charge in [0.05, 0.1) is 23.3 Å². The van der Waals surface area contributed by atoms with Gasteiger partial charge in [-0.1, -0.05) is 12.1 Å². The number of H-pyrrole nitrogens is 1. The van der Waals surface area contributed by atoms with Gasteiger partial charge in [-0.05, 0) is 26.0 Å². The number of carbonyl (C=O) groups is 1. The number of esters is 1. The molecular weight excluding hydrogens is 301 g/mol. The summed E-state index contributed by atoms with van der Waals surface area (Å²) in [7, 11) is 0. The third kappa shape index (κ3) is 2.50. The van der Waals surface area contributed by atoms with Gasteiger partial charge in [-0.2, -0.15) is 5.10 Å². The highest BCUT2D eigenvalue weighted by molar-refractivity contribution is 6.03. The van der Waals surface area contributed by atoms with Crippen LogP contribution < -0.4 is 5.56 Å². The molecule has 23 heavy (non-hydrogen) atoms. The molecule has 1 N–H and O–H groups in total. The van der Waals surface area contributed by atoms with Gasteiger partial charge >= 0.3 is 5.97 Å². The van der Waals surface area contributed by atoms with Crippen LogP contribution in [0.25, 0.3) is 16.7 Å². The molecule has 0 bridgehead atoms. The molecule has 0 atom stereocenters. The number of ether oxygens (including phenoxy) is 1. The van der Waals surface area contributed by atoms with Crippen LogP contribution in [0.15, 0.2) is 35.1 Å². The molecule has 3 rings (SSSR count). The van der Waals surface area contributed by atoms with E-state index >= 15 is 0 Å². The molecule has 0 radical (unpaired) electrons. The van der Waals surface area contributed by atoms with E-state index in [1.807, 2.05) is 0 Å². The summed E-state index contributed by atoms with van der Waals surface area (Å²) in [6.45, 7) is 3.55. The minimum atomic E-state index is -0.611. The highest BCUT2D eigenvalue weighted by atomic mass is 19.1. The van der Waals surface area contributed by atoms with Gasteiger partial charge in [0, 0.05) is 6.07 Å². The summed E-state index contributed by atoms with van der Waals surface area (Å²) in [6.07, 6.45) is 0. The van der Waals surface area contributed by atoms with Gasteiger partial charge in [0.1, 0.15) is 17.2 Å². The predicted molar refractivity (Wildman–Crippen MR) is 82.3 cm³/mol. The fourth-order valence-electron chi connectivity index (χ4n) is 2.49. The Morgan fingerprint density at radius 3 is 2.83 bits per heavy atom. The van der Waals surface area contributed by atoms with Crippen molar-refractivity contribution in [2.24, 2.45) is 0 Å². The van der Waals surface area contributed by atoms with Crippen molar-refractivity contribution in [1.29, 1.82) is 0 Å². The molecule has 0 aliphatic heterocycles. The van der Waals surface area contributed by atoms with Crippen molar-refractivity contribution in [3.8, 4) is 5.69 Å². The number of rotatable bonds is 3. The lowest BCUT2D eigenvalue weighted by molar-refractivity contribution is 0.0528. The van der Waals surface area contributed by atoms with Crippen LogP contribution in [0.4, 0.5) is 4.39 Å². The molecular formula is C16H14FN3O3. The van der Waals surface area contributed by atoms with E-state index in [9.17, 15) is 14.0 Å². The van der Waals surface area contributed by atoms with E-state index in [0.29, 0.717) is 11.1 Å². The highest BCUT2D eigenvalue weighted by Gasteiger charge is 2.20. The standard InChI is InChI=1S/C16H14FN3O3/c1-3-23-16(22)10-8-13(21)18-15-14(10)9(2)19-20(15)12-7-5-4-6-11(12)17/h4-8H,3H2,1-2H3,(H,18,21). The van der Waals surface area contributed by atoms with Crippen molar-refractivity contribution < 1.29 is 13.9 Å². The Hall–Kier alpha value is -2.96. The molecule has 0 spiro atoms. The van der Waals surface area contributed by atoms with Crippen LogP contribution in [0.5, 0.6) is 0 Å². The van der Waals surface area contributed by atoms with Gasteiger partial charge in [-0.3, -0.25) is 4.79 Å². The number of halogens is 1. The number of aromatic nitrogens is 3. The first kappa shape index (κ1) is 15.0. The summed E-state index contributed by atoms with van der Waals surface area (Å²) in [5.41, 5.74) is 0.552. The molecule has 0 amide bonds. The minimum Gasteiger partial charge on any atom is -0.462 e. The highest BCUT2D eigenvalue weighted by Crippen LogP contribution is 2.24. The van der Waals surface area contributed by atoms with Crippen LogP contribution in [0.2, 0.25) is 0 Å². The molecule has 0 aliphatic rings. The maximum absolute atomic E-state index is 14.0. The van der Waals surface area contributed by atoms with E-state index in [0.717, 1.165) is 0 Å². The van der Waals surface area contributed by atoms with Crippen LogP contribution in [0.3, 0.4) is 0 Å². The minimum absolute atomic E-state index is 0.116. The van der Waals surface area contributed by atoms with Crippen LogP contribution >= 0.6 is 0 Å². The molecule has 6 nitrogen and oxygen atoms in total. The largest absolute Gasteiger partial charge is 0.462 e. The first-order chi connectivity index (χ1) is 11.0. The quantitative estimate of drug-likeness (QED) is 0.753. The maximum Gasteiger partial charge on any atom is 0.339 e. The van der Waals surface area contributed by atoms with Gasteiger partial charge in [0.25, 0.3) is 0 Å². The Bertz CT molecular complexity index is 959. The number of nitrogens with one attached hydrogen (secondary N) is 1. The predicted octanol–water partition coefficient (Wildman–Crippen LogP) is 2.34. The lowest BCUT2D eigenvalue weighted by Crippen LogP contribution is -2.14. The zero-order valence-electron chi connectivity index (χ0n) is 12.6. The summed E-state index contributed by atoms with van der Waals surface area (Å²) >= 11 is 0. The number of aromatic amines is 1. The fourth-order valence-corrected chi connectivity index (χ4v) is 2.49. The first-order valence-electron chi connectivity index (χ1n) is 7.07. The van der Waals surface area contributed by atoms with E-state index in [-0.39, 0.29) is 23.5 Å². The van der Waals surface area contributed by atoms with Crippen molar-refractivity contribution in [2.75, 3.05) is 6.61 Å². The Labute approximate surface area is 130 Å². The first-order valence-corrected chi connectivity index (χ1v) is 7.07. The number of benzene rings is 1. The number of aryl methyl sites for hydroxylation is 1. The van der Waals surface area contributed by atoms with Crippen molar-refractivity contribution in [2.45, 2.75) is 13.8 Å². The number of carbonyl (C=O) groups excluding carboxylic acids is 1. The molecule has 0 saturated heterocycles. The smallest absolute Gasteiger partial charge is 0.339 e.